The first-order valence-electron chi connectivity index (χ1n) is 10.5. The maximum atomic E-state index is 13.2. The van der Waals surface area contributed by atoms with Gasteiger partial charge in [-0.05, 0) is 37.6 Å². The standard InChI is InChI=1S/C24H29NO6.H2/c1-23(2,27)15-29-19-10-9-17(13-20(19)28-3)22(26)25-12-11-24(18-7-5-4-6-8-18)21(14-25)30-16-31-24;/h4-10,13,21,27H,11-12,14-16H2,1-3H3;1H/t21?,24-;/m1./s1. The molecule has 7 nitrogen and oxygen atoms in total. The van der Waals surface area contributed by atoms with Gasteiger partial charge in [-0.2, -0.15) is 0 Å². The largest absolute Gasteiger partial charge is 0.493 e. The average Bonchev–Trinajstić information content (AvgIpc) is 3.21. The Morgan fingerprint density at radius 2 is 2.03 bits per heavy atom. The van der Waals surface area contributed by atoms with Crippen LogP contribution in [0.25, 0.3) is 0 Å². The zero-order valence-corrected chi connectivity index (χ0v) is 18.2. The summed E-state index contributed by atoms with van der Waals surface area (Å²) in [6.07, 6.45) is 0.445. The number of carbonyl (C=O) groups excluding carboxylic acids is 1. The summed E-state index contributed by atoms with van der Waals surface area (Å²) < 4.78 is 23.0. The van der Waals surface area contributed by atoms with Crippen molar-refractivity contribution in [2.45, 2.75) is 37.6 Å². The van der Waals surface area contributed by atoms with Gasteiger partial charge in [-0.25, -0.2) is 0 Å². The van der Waals surface area contributed by atoms with Gasteiger partial charge in [-0.1, -0.05) is 30.3 Å². The summed E-state index contributed by atoms with van der Waals surface area (Å²) in [5.74, 6) is 0.839. The molecule has 2 aromatic rings. The molecule has 2 fully saturated rings. The van der Waals surface area contributed by atoms with E-state index in [9.17, 15) is 9.90 Å². The molecule has 0 bridgehead atoms. The van der Waals surface area contributed by atoms with Crippen LogP contribution >= 0.6 is 0 Å². The topological polar surface area (TPSA) is 77.5 Å². The summed E-state index contributed by atoms with van der Waals surface area (Å²) in [4.78, 5) is 15.0. The molecule has 0 aromatic heterocycles. The Balaban J connectivity index is 0.00000289. The Morgan fingerprint density at radius 3 is 2.74 bits per heavy atom. The van der Waals surface area contributed by atoms with Crippen molar-refractivity contribution in [2.24, 2.45) is 0 Å². The lowest BCUT2D eigenvalue weighted by Gasteiger charge is -2.42. The molecule has 2 heterocycles. The van der Waals surface area contributed by atoms with Gasteiger partial charge >= 0.3 is 0 Å². The van der Waals surface area contributed by atoms with E-state index in [1.807, 2.05) is 18.2 Å². The predicted octanol–water partition coefficient (Wildman–Crippen LogP) is 3.21. The molecular weight excluding hydrogens is 398 g/mol. The van der Waals surface area contributed by atoms with Crippen LogP contribution in [-0.2, 0) is 15.1 Å². The zero-order valence-electron chi connectivity index (χ0n) is 18.2. The number of rotatable bonds is 6. The summed E-state index contributed by atoms with van der Waals surface area (Å²) in [6, 6.07) is 15.2. The van der Waals surface area contributed by atoms with Gasteiger partial charge in [0.25, 0.3) is 5.91 Å². The highest BCUT2D eigenvalue weighted by Gasteiger charge is 2.51. The number of amides is 1. The zero-order chi connectivity index (χ0) is 22.1. The van der Waals surface area contributed by atoms with E-state index in [1.54, 1.807) is 36.9 Å². The van der Waals surface area contributed by atoms with Gasteiger partial charge in [0.1, 0.15) is 25.1 Å². The predicted molar refractivity (Wildman–Crippen MR) is 116 cm³/mol. The first-order chi connectivity index (χ1) is 14.8. The summed E-state index contributed by atoms with van der Waals surface area (Å²) in [6.45, 7) is 4.68. The van der Waals surface area contributed by atoms with Crippen LogP contribution in [0.4, 0.5) is 0 Å². The molecule has 1 unspecified atom stereocenters. The first kappa shape index (κ1) is 21.6. The smallest absolute Gasteiger partial charge is 0.254 e. The molecule has 7 heteroatoms. The number of hydrogen-bond donors (Lipinski definition) is 1. The number of ether oxygens (including phenoxy) is 4. The second kappa shape index (κ2) is 8.49. The lowest BCUT2D eigenvalue weighted by molar-refractivity contribution is -0.0439. The number of aliphatic hydroxyl groups is 1. The molecule has 0 radical (unpaired) electrons. The molecule has 0 spiro atoms. The lowest BCUT2D eigenvalue weighted by Crippen LogP contribution is -2.53. The summed E-state index contributed by atoms with van der Waals surface area (Å²) in [5, 5.41) is 9.88. The van der Waals surface area contributed by atoms with Crippen LogP contribution in [0, 0.1) is 0 Å². The fraction of sp³-hybridized carbons (Fsp3) is 0.458. The highest BCUT2D eigenvalue weighted by molar-refractivity contribution is 5.95. The van der Waals surface area contributed by atoms with E-state index in [0.29, 0.717) is 36.6 Å². The third-order valence-electron chi connectivity index (χ3n) is 5.79. The van der Waals surface area contributed by atoms with Gasteiger partial charge in [-0.3, -0.25) is 4.79 Å². The van der Waals surface area contributed by atoms with Gasteiger partial charge < -0.3 is 29.0 Å². The summed E-state index contributed by atoms with van der Waals surface area (Å²) in [5.41, 5.74) is 0.116. The maximum Gasteiger partial charge on any atom is 0.254 e. The van der Waals surface area contributed by atoms with Crippen LogP contribution in [0.5, 0.6) is 11.5 Å². The van der Waals surface area contributed by atoms with E-state index >= 15 is 0 Å². The van der Waals surface area contributed by atoms with Gasteiger partial charge in [-0.15, -0.1) is 0 Å². The van der Waals surface area contributed by atoms with E-state index in [4.69, 9.17) is 18.9 Å². The molecule has 2 aliphatic heterocycles. The second-order valence-corrected chi connectivity index (χ2v) is 8.64. The van der Waals surface area contributed by atoms with Crippen LogP contribution < -0.4 is 9.47 Å². The van der Waals surface area contributed by atoms with Crippen molar-refractivity contribution in [2.75, 3.05) is 33.6 Å². The van der Waals surface area contributed by atoms with E-state index in [-0.39, 0.29) is 26.8 Å². The van der Waals surface area contributed by atoms with Crippen LogP contribution in [0.3, 0.4) is 0 Å². The highest BCUT2D eigenvalue weighted by atomic mass is 16.7. The Kier molecular flexibility index (Phi) is 5.92. The monoisotopic (exact) mass is 429 g/mol. The molecule has 4 rings (SSSR count). The first-order valence-corrected chi connectivity index (χ1v) is 10.5. The maximum absolute atomic E-state index is 13.2. The van der Waals surface area contributed by atoms with E-state index in [2.05, 4.69) is 12.1 Å². The van der Waals surface area contributed by atoms with Crippen LogP contribution in [0.15, 0.2) is 48.5 Å². The Hall–Kier alpha value is -2.61. The minimum Gasteiger partial charge on any atom is -0.493 e. The van der Waals surface area contributed by atoms with Crippen molar-refractivity contribution in [3.63, 3.8) is 0 Å². The van der Waals surface area contributed by atoms with Crippen molar-refractivity contribution in [3.8, 4) is 11.5 Å². The molecule has 2 saturated heterocycles. The minimum atomic E-state index is -0.970. The van der Waals surface area contributed by atoms with Crippen LogP contribution in [0.2, 0.25) is 0 Å². The minimum absolute atomic E-state index is 0. The van der Waals surface area contributed by atoms with Crippen molar-refractivity contribution < 1.29 is 30.3 Å². The molecule has 2 aromatic carbocycles. The van der Waals surface area contributed by atoms with Gasteiger partial charge in [0.15, 0.2) is 11.5 Å². The molecule has 31 heavy (non-hydrogen) atoms. The quantitative estimate of drug-likeness (QED) is 0.760. The third-order valence-corrected chi connectivity index (χ3v) is 5.79. The Bertz CT molecular complexity index is 932. The number of benzene rings is 2. The summed E-state index contributed by atoms with van der Waals surface area (Å²) >= 11 is 0. The average molecular weight is 430 g/mol. The van der Waals surface area contributed by atoms with Gasteiger partial charge in [0, 0.05) is 20.0 Å². The molecule has 1 N–H and O–H groups in total. The number of hydrogen-bond acceptors (Lipinski definition) is 6. The molecular formula is C24H31NO6. The molecule has 1 amide bonds. The van der Waals surface area contributed by atoms with Gasteiger partial charge in [0.2, 0.25) is 0 Å². The molecule has 0 saturated carbocycles. The number of methoxy groups -OCH3 is 1. The van der Waals surface area contributed by atoms with Crippen molar-refractivity contribution >= 4 is 5.91 Å². The lowest BCUT2D eigenvalue weighted by atomic mass is 9.82. The molecule has 168 valence electrons. The molecule has 2 atom stereocenters. The van der Waals surface area contributed by atoms with Gasteiger partial charge in [0.05, 0.1) is 19.3 Å². The summed E-state index contributed by atoms with van der Waals surface area (Å²) in [7, 11) is 1.53. The normalized spacial score (nSPS) is 23.4. The number of piperidine rings is 1. The number of nitrogens with zero attached hydrogens (tertiary/aromatic N) is 1. The molecule has 2 aliphatic rings. The van der Waals surface area contributed by atoms with Crippen molar-refractivity contribution in [1.29, 1.82) is 0 Å². The fourth-order valence-corrected chi connectivity index (χ4v) is 4.15. The Labute approximate surface area is 184 Å². The third kappa shape index (κ3) is 4.39. The van der Waals surface area contributed by atoms with Crippen LogP contribution in [0.1, 0.15) is 37.6 Å². The molecule has 0 aliphatic carbocycles. The highest BCUT2D eigenvalue weighted by Crippen LogP contribution is 2.42. The number of fused-ring (bicyclic) bond motifs is 1. The number of carbonyl (C=O) groups is 1. The van der Waals surface area contributed by atoms with E-state index < -0.39 is 11.2 Å². The number of likely N-dealkylation sites (tertiary alicyclic amines) is 1. The van der Waals surface area contributed by atoms with Crippen molar-refractivity contribution in [1.82, 2.24) is 4.90 Å². The Morgan fingerprint density at radius 1 is 1.26 bits per heavy atom. The van der Waals surface area contributed by atoms with E-state index in [0.717, 1.165) is 5.56 Å². The fourth-order valence-electron chi connectivity index (χ4n) is 4.15. The van der Waals surface area contributed by atoms with Crippen molar-refractivity contribution in [3.05, 3.63) is 59.7 Å². The van der Waals surface area contributed by atoms with E-state index in [1.165, 1.54) is 7.11 Å². The second-order valence-electron chi connectivity index (χ2n) is 8.64. The van der Waals surface area contributed by atoms with Crippen LogP contribution in [-0.4, -0.2) is 61.2 Å². The SMILES string of the molecule is COc1cc(C(=O)N2CC[C@]3(c4ccccc4)OCOC3C2)ccc1OCC(C)(C)O.[HH].